The van der Waals surface area contributed by atoms with Gasteiger partial charge in [0.05, 0.1) is 18.8 Å². The Bertz CT molecular complexity index is 864. The summed E-state index contributed by atoms with van der Waals surface area (Å²) in [5, 5.41) is 0. The maximum Gasteiger partial charge on any atom is 0.338 e. The molecule has 0 heterocycles. The molecule has 2 aromatic carbocycles. The molecule has 2 amide bonds. The molecule has 0 radical (unpaired) electrons. The van der Waals surface area contributed by atoms with Crippen LogP contribution in [0, 0.1) is 6.92 Å². The van der Waals surface area contributed by atoms with E-state index in [1.807, 2.05) is 20.8 Å². The lowest BCUT2D eigenvalue weighted by atomic mass is 10.1. The fraction of sp³-hybridized carbons (Fsp3) is 0.286. The first-order valence-electron chi connectivity index (χ1n) is 9.17. The van der Waals surface area contributed by atoms with Gasteiger partial charge in [0, 0.05) is 5.56 Å². The van der Waals surface area contributed by atoms with E-state index in [1.165, 1.54) is 12.1 Å². The van der Waals surface area contributed by atoms with E-state index in [4.69, 9.17) is 14.2 Å². The number of carbonyl (C=O) groups is 3. The third kappa shape index (κ3) is 6.53. The SMILES string of the molecule is CCOc1ccc(C(=O)OCC(=O)NNC(=O)c2ccc(C)cc2)cc1OCC. The molecule has 0 spiro atoms. The van der Waals surface area contributed by atoms with Crippen LogP contribution in [-0.4, -0.2) is 37.6 Å². The van der Waals surface area contributed by atoms with Gasteiger partial charge in [-0.3, -0.25) is 20.4 Å². The normalized spacial score (nSPS) is 10.0. The summed E-state index contributed by atoms with van der Waals surface area (Å²) in [5.74, 6) is -0.914. The lowest BCUT2D eigenvalue weighted by Crippen LogP contribution is -2.43. The molecule has 0 aromatic heterocycles. The van der Waals surface area contributed by atoms with Crippen molar-refractivity contribution < 1.29 is 28.6 Å². The molecule has 0 aliphatic rings. The molecule has 0 aliphatic carbocycles. The van der Waals surface area contributed by atoms with Crippen LogP contribution in [-0.2, 0) is 9.53 Å². The number of benzene rings is 2. The summed E-state index contributed by atoms with van der Waals surface area (Å²) in [6.45, 7) is 5.87. The molecule has 8 heteroatoms. The second-order valence-corrected chi connectivity index (χ2v) is 5.97. The number of carbonyl (C=O) groups excluding carboxylic acids is 3. The van der Waals surface area contributed by atoms with Gasteiger partial charge in [0.15, 0.2) is 18.1 Å². The van der Waals surface area contributed by atoms with E-state index >= 15 is 0 Å². The van der Waals surface area contributed by atoms with Crippen LogP contribution in [0.2, 0.25) is 0 Å². The number of amides is 2. The number of aryl methyl sites for hydroxylation is 1. The molecule has 29 heavy (non-hydrogen) atoms. The summed E-state index contributed by atoms with van der Waals surface area (Å²) in [5.41, 5.74) is 6.09. The average molecular weight is 400 g/mol. The Labute approximate surface area is 169 Å². The number of ether oxygens (including phenoxy) is 3. The van der Waals surface area contributed by atoms with Gasteiger partial charge in [0.25, 0.3) is 11.8 Å². The van der Waals surface area contributed by atoms with Gasteiger partial charge in [-0.25, -0.2) is 4.79 Å². The highest BCUT2D eigenvalue weighted by Gasteiger charge is 2.15. The van der Waals surface area contributed by atoms with Crippen molar-refractivity contribution >= 4 is 17.8 Å². The molecule has 0 bridgehead atoms. The zero-order valence-corrected chi connectivity index (χ0v) is 16.6. The van der Waals surface area contributed by atoms with Crippen molar-refractivity contribution in [3.63, 3.8) is 0 Å². The number of rotatable bonds is 8. The van der Waals surface area contributed by atoms with Gasteiger partial charge < -0.3 is 14.2 Å². The molecule has 2 N–H and O–H groups in total. The summed E-state index contributed by atoms with van der Waals surface area (Å²) in [6.07, 6.45) is 0. The van der Waals surface area contributed by atoms with Crippen LogP contribution in [0.15, 0.2) is 42.5 Å². The smallest absolute Gasteiger partial charge is 0.338 e. The van der Waals surface area contributed by atoms with Crippen molar-refractivity contribution in [3.8, 4) is 11.5 Å². The molecular formula is C21H24N2O6. The number of hydrogen-bond acceptors (Lipinski definition) is 6. The van der Waals surface area contributed by atoms with Crippen LogP contribution in [0.25, 0.3) is 0 Å². The predicted molar refractivity (Wildman–Crippen MR) is 106 cm³/mol. The van der Waals surface area contributed by atoms with Crippen LogP contribution < -0.4 is 20.3 Å². The summed E-state index contributed by atoms with van der Waals surface area (Å²) >= 11 is 0. The molecule has 0 saturated heterocycles. The second kappa shape index (κ2) is 10.7. The van der Waals surface area contributed by atoms with Crippen molar-refractivity contribution in [2.45, 2.75) is 20.8 Å². The highest BCUT2D eigenvalue weighted by molar-refractivity contribution is 5.96. The standard InChI is InChI=1S/C21H24N2O6/c1-4-27-17-11-10-16(12-18(17)28-5-2)21(26)29-13-19(24)22-23-20(25)15-8-6-14(3)7-9-15/h6-12H,4-5,13H2,1-3H3,(H,22,24)(H,23,25). The highest BCUT2D eigenvalue weighted by atomic mass is 16.5. The lowest BCUT2D eigenvalue weighted by Gasteiger charge is -2.12. The van der Waals surface area contributed by atoms with Gasteiger partial charge in [-0.1, -0.05) is 17.7 Å². The van der Waals surface area contributed by atoms with Crippen molar-refractivity contribution in [3.05, 3.63) is 59.2 Å². The van der Waals surface area contributed by atoms with E-state index in [2.05, 4.69) is 10.9 Å². The van der Waals surface area contributed by atoms with Crippen LogP contribution in [0.5, 0.6) is 11.5 Å². The topological polar surface area (TPSA) is 103 Å². The highest BCUT2D eigenvalue weighted by Crippen LogP contribution is 2.28. The molecule has 0 atom stereocenters. The Morgan fingerprint density at radius 3 is 2.10 bits per heavy atom. The zero-order valence-electron chi connectivity index (χ0n) is 16.6. The first kappa shape index (κ1) is 21.7. The summed E-state index contributed by atoms with van der Waals surface area (Å²) in [4.78, 5) is 36.0. The molecule has 154 valence electrons. The maximum absolute atomic E-state index is 12.2. The fourth-order valence-electron chi connectivity index (χ4n) is 2.33. The minimum absolute atomic E-state index is 0.216. The second-order valence-electron chi connectivity index (χ2n) is 5.97. The first-order valence-corrected chi connectivity index (χ1v) is 9.17. The number of esters is 1. The van der Waals surface area contributed by atoms with E-state index in [0.29, 0.717) is 30.3 Å². The largest absolute Gasteiger partial charge is 0.490 e. The van der Waals surface area contributed by atoms with Gasteiger partial charge in [-0.05, 0) is 51.1 Å². The van der Waals surface area contributed by atoms with Crippen molar-refractivity contribution in [2.75, 3.05) is 19.8 Å². The Morgan fingerprint density at radius 1 is 0.828 bits per heavy atom. The van der Waals surface area contributed by atoms with E-state index in [-0.39, 0.29) is 5.56 Å². The van der Waals surface area contributed by atoms with Crippen LogP contribution >= 0.6 is 0 Å². The average Bonchev–Trinajstić information content (AvgIpc) is 2.72. The molecule has 0 unspecified atom stereocenters. The molecule has 0 saturated carbocycles. The lowest BCUT2D eigenvalue weighted by molar-refractivity contribution is -0.125. The fourth-order valence-corrected chi connectivity index (χ4v) is 2.33. The van der Waals surface area contributed by atoms with E-state index in [1.54, 1.807) is 30.3 Å². The van der Waals surface area contributed by atoms with Gasteiger partial charge >= 0.3 is 5.97 Å². The van der Waals surface area contributed by atoms with E-state index < -0.39 is 24.4 Å². The van der Waals surface area contributed by atoms with Gasteiger partial charge in [-0.2, -0.15) is 0 Å². The molecule has 2 aromatic rings. The Hall–Kier alpha value is -3.55. The Balaban J connectivity index is 1.86. The molecule has 2 rings (SSSR count). The minimum Gasteiger partial charge on any atom is -0.490 e. The van der Waals surface area contributed by atoms with E-state index in [9.17, 15) is 14.4 Å². The van der Waals surface area contributed by atoms with Gasteiger partial charge in [-0.15, -0.1) is 0 Å². The monoisotopic (exact) mass is 400 g/mol. The summed E-state index contributed by atoms with van der Waals surface area (Å²) in [6, 6.07) is 11.5. The summed E-state index contributed by atoms with van der Waals surface area (Å²) in [7, 11) is 0. The van der Waals surface area contributed by atoms with Gasteiger partial charge in [0.1, 0.15) is 0 Å². The minimum atomic E-state index is -0.700. The molecular weight excluding hydrogens is 376 g/mol. The number of hydrazine groups is 1. The Kier molecular flexibility index (Phi) is 8.02. The Morgan fingerprint density at radius 2 is 1.45 bits per heavy atom. The zero-order chi connectivity index (χ0) is 21.2. The molecule has 0 fully saturated rings. The third-order valence-corrected chi connectivity index (χ3v) is 3.74. The van der Waals surface area contributed by atoms with Crippen LogP contribution in [0.4, 0.5) is 0 Å². The van der Waals surface area contributed by atoms with Crippen LogP contribution in [0.3, 0.4) is 0 Å². The van der Waals surface area contributed by atoms with Crippen molar-refractivity contribution in [2.24, 2.45) is 0 Å². The number of hydrogen-bond donors (Lipinski definition) is 2. The number of nitrogens with one attached hydrogen (secondary N) is 2. The van der Waals surface area contributed by atoms with E-state index in [0.717, 1.165) is 5.56 Å². The van der Waals surface area contributed by atoms with Crippen LogP contribution in [0.1, 0.15) is 40.1 Å². The predicted octanol–water partition coefficient (Wildman–Crippen LogP) is 2.41. The molecule has 0 aliphatic heterocycles. The first-order chi connectivity index (χ1) is 13.9. The summed E-state index contributed by atoms with van der Waals surface area (Å²) < 4.78 is 15.9. The quantitative estimate of drug-likeness (QED) is 0.521. The molecule has 8 nitrogen and oxygen atoms in total. The maximum atomic E-state index is 12.2. The van der Waals surface area contributed by atoms with Gasteiger partial charge in [0.2, 0.25) is 0 Å². The third-order valence-electron chi connectivity index (χ3n) is 3.74. The van der Waals surface area contributed by atoms with Crippen molar-refractivity contribution in [1.29, 1.82) is 0 Å². The van der Waals surface area contributed by atoms with Crippen molar-refractivity contribution in [1.82, 2.24) is 10.9 Å².